The van der Waals surface area contributed by atoms with Gasteiger partial charge in [-0.05, 0) is 46.9 Å². The Kier molecular flexibility index (Phi) is 4.87. The van der Waals surface area contributed by atoms with E-state index >= 15 is 0 Å². The number of ether oxygens (including phenoxy) is 1. The molecule has 2 aliphatic rings. The van der Waals surface area contributed by atoms with Crippen LogP contribution < -0.4 is 14.5 Å². The highest BCUT2D eigenvalue weighted by Crippen LogP contribution is 2.35. The molecule has 3 heterocycles. The molecule has 1 atom stereocenters. The molecule has 9 heteroatoms. The van der Waals surface area contributed by atoms with Gasteiger partial charge in [-0.1, -0.05) is 25.1 Å². The Morgan fingerprint density at radius 3 is 2.86 bits per heavy atom. The van der Waals surface area contributed by atoms with E-state index in [4.69, 9.17) is 4.74 Å². The summed E-state index contributed by atoms with van der Waals surface area (Å²) in [6.07, 6.45) is 1.38. The molecule has 1 aromatic carbocycles. The lowest BCUT2D eigenvalue weighted by Gasteiger charge is -2.34. The highest BCUT2D eigenvalue weighted by Gasteiger charge is 2.40. The molecular formula is C20H20N4O5. The second-order valence-corrected chi connectivity index (χ2v) is 6.97. The summed E-state index contributed by atoms with van der Waals surface area (Å²) in [5, 5.41) is 11.1. The van der Waals surface area contributed by atoms with Crippen LogP contribution in [0.5, 0.6) is 5.75 Å². The van der Waals surface area contributed by atoms with Gasteiger partial charge < -0.3 is 19.8 Å². The molecule has 0 N–H and O–H groups in total. The molecule has 0 saturated heterocycles. The van der Waals surface area contributed by atoms with E-state index in [2.05, 4.69) is 4.98 Å². The van der Waals surface area contributed by atoms with Crippen LogP contribution in [0.3, 0.4) is 0 Å². The number of fused-ring (bicyclic) bond motifs is 2. The number of carbonyl (C=O) groups is 2. The molecule has 9 nitrogen and oxygen atoms in total. The molecule has 0 aliphatic carbocycles. The summed E-state index contributed by atoms with van der Waals surface area (Å²) < 4.78 is 5.64. The van der Waals surface area contributed by atoms with E-state index in [0.29, 0.717) is 13.0 Å². The molecule has 0 saturated carbocycles. The van der Waals surface area contributed by atoms with Gasteiger partial charge in [-0.2, -0.15) is 0 Å². The zero-order chi connectivity index (χ0) is 20.5. The van der Waals surface area contributed by atoms with Crippen molar-refractivity contribution in [2.75, 3.05) is 22.9 Å². The molecule has 4 rings (SSSR count). The molecule has 1 unspecified atom stereocenters. The quantitative estimate of drug-likeness (QED) is 0.581. The van der Waals surface area contributed by atoms with Gasteiger partial charge >= 0.3 is 5.82 Å². The van der Waals surface area contributed by atoms with Crippen molar-refractivity contribution < 1.29 is 19.2 Å². The first-order valence-corrected chi connectivity index (χ1v) is 9.51. The smallest absolute Gasteiger partial charge is 0.366 e. The lowest BCUT2D eigenvalue weighted by atomic mass is 10.0. The number of hydrogen-bond acceptors (Lipinski definition) is 6. The van der Waals surface area contributed by atoms with Crippen molar-refractivity contribution >= 4 is 29.1 Å². The van der Waals surface area contributed by atoms with Crippen molar-refractivity contribution in [3.8, 4) is 5.75 Å². The number of nitro groups is 1. The van der Waals surface area contributed by atoms with Gasteiger partial charge in [0.2, 0.25) is 5.91 Å². The van der Waals surface area contributed by atoms with Crippen LogP contribution in [0.25, 0.3) is 0 Å². The summed E-state index contributed by atoms with van der Waals surface area (Å²) in [7, 11) is 0. The molecule has 1 aromatic heterocycles. The Morgan fingerprint density at radius 2 is 2.10 bits per heavy atom. The van der Waals surface area contributed by atoms with Crippen LogP contribution >= 0.6 is 0 Å². The summed E-state index contributed by atoms with van der Waals surface area (Å²) in [4.78, 5) is 43.3. The Bertz CT molecular complexity index is 993. The number of amides is 2. The Balaban J connectivity index is 1.67. The number of pyridine rings is 1. The van der Waals surface area contributed by atoms with Gasteiger partial charge in [-0.3, -0.25) is 14.5 Å². The zero-order valence-electron chi connectivity index (χ0n) is 15.9. The first kappa shape index (κ1) is 18.9. The second kappa shape index (κ2) is 7.50. The van der Waals surface area contributed by atoms with Crippen LogP contribution in [0.1, 0.15) is 25.3 Å². The van der Waals surface area contributed by atoms with Crippen LogP contribution in [0.4, 0.5) is 17.3 Å². The number of aryl methyl sites for hydroxylation is 1. The predicted octanol–water partition coefficient (Wildman–Crippen LogP) is 2.47. The van der Waals surface area contributed by atoms with Crippen molar-refractivity contribution in [3.05, 3.63) is 52.1 Å². The third-order valence-corrected chi connectivity index (χ3v) is 5.15. The average Bonchev–Trinajstić information content (AvgIpc) is 2.74. The van der Waals surface area contributed by atoms with Crippen LogP contribution in [-0.2, 0) is 16.0 Å². The number of anilines is 2. The van der Waals surface area contributed by atoms with E-state index in [1.54, 1.807) is 11.8 Å². The van der Waals surface area contributed by atoms with Crippen LogP contribution in [0.2, 0.25) is 0 Å². The van der Waals surface area contributed by atoms with E-state index in [1.165, 1.54) is 17.0 Å². The Morgan fingerprint density at radius 1 is 1.31 bits per heavy atom. The van der Waals surface area contributed by atoms with Crippen molar-refractivity contribution in [2.45, 2.75) is 32.3 Å². The number of benzene rings is 1. The third kappa shape index (κ3) is 3.39. The minimum absolute atomic E-state index is 0.00699. The van der Waals surface area contributed by atoms with E-state index in [1.807, 2.05) is 24.3 Å². The second-order valence-electron chi connectivity index (χ2n) is 6.97. The SMILES string of the molecule is CCC1Oc2ccc([N+](=O)[O-])nc2N(CC(=O)N2CCCc3ccccc32)C1=O. The first-order chi connectivity index (χ1) is 14.0. The molecule has 2 amide bonds. The maximum absolute atomic E-state index is 13.1. The number of nitrogens with zero attached hydrogens (tertiary/aromatic N) is 4. The molecule has 0 spiro atoms. The average molecular weight is 396 g/mol. The first-order valence-electron chi connectivity index (χ1n) is 9.51. The number of aromatic nitrogens is 1. The van der Waals surface area contributed by atoms with E-state index in [-0.39, 0.29) is 24.0 Å². The van der Waals surface area contributed by atoms with Gasteiger partial charge in [0, 0.05) is 18.3 Å². The topological polar surface area (TPSA) is 106 Å². The van der Waals surface area contributed by atoms with E-state index in [9.17, 15) is 19.7 Å². The third-order valence-electron chi connectivity index (χ3n) is 5.15. The predicted molar refractivity (Wildman–Crippen MR) is 105 cm³/mol. The van der Waals surface area contributed by atoms with Gasteiger partial charge in [0.05, 0.1) is 0 Å². The van der Waals surface area contributed by atoms with Crippen LogP contribution in [-0.4, -0.2) is 40.9 Å². The Hall–Kier alpha value is -3.49. The summed E-state index contributed by atoms with van der Waals surface area (Å²) in [6, 6.07) is 10.3. The number of rotatable bonds is 4. The molecule has 0 fully saturated rings. The number of para-hydroxylation sites is 1. The lowest BCUT2D eigenvalue weighted by molar-refractivity contribution is -0.389. The normalized spacial score (nSPS) is 18.0. The largest absolute Gasteiger partial charge is 0.474 e. The van der Waals surface area contributed by atoms with E-state index in [0.717, 1.165) is 24.1 Å². The lowest BCUT2D eigenvalue weighted by Crippen LogP contribution is -2.51. The fourth-order valence-electron chi connectivity index (χ4n) is 3.72. The highest BCUT2D eigenvalue weighted by atomic mass is 16.6. The van der Waals surface area contributed by atoms with Crippen LogP contribution in [0.15, 0.2) is 36.4 Å². The Labute approximate surface area is 167 Å². The molecule has 0 bridgehead atoms. The summed E-state index contributed by atoms with van der Waals surface area (Å²) in [6.45, 7) is 2.10. The van der Waals surface area contributed by atoms with Crippen molar-refractivity contribution in [3.63, 3.8) is 0 Å². The number of carbonyl (C=O) groups excluding carboxylic acids is 2. The van der Waals surface area contributed by atoms with Gasteiger partial charge in [0.15, 0.2) is 11.9 Å². The molecule has 2 aromatic rings. The molecule has 0 radical (unpaired) electrons. The van der Waals surface area contributed by atoms with Crippen molar-refractivity contribution in [2.24, 2.45) is 0 Å². The summed E-state index contributed by atoms with van der Waals surface area (Å²) in [5.41, 5.74) is 1.92. The molecule has 150 valence electrons. The van der Waals surface area contributed by atoms with Gasteiger partial charge in [-0.25, -0.2) is 0 Å². The van der Waals surface area contributed by atoms with Gasteiger partial charge in [0.25, 0.3) is 11.7 Å². The van der Waals surface area contributed by atoms with Crippen LogP contribution in [0, 0.1) is 10.1 Å². The van der Waals surface area contributed by atoms with E-state index < -0.39 is 22.8 Å². The van der Waals surface area contributed by atoms with Crippen molar-refractivity contribution in [1.29, 1.82) is 0 Å². The monoisotopic (exact) mass is 396 g/mol. The standard InChI is InChI=1S/C20H20N4O5/c1-2-15-20(26)23(19-16(29-15)9-10-17(21-19)24(27)28)12-18(25)22-11-5-7-13-6-3-4-8-14(13)22/h3-4,6,8-10,15H,2,5,7,11-12H2,1H3. The fourth-order valence-corrected chi connectivity index (χ4v) is 3.72. The minimum atomic E-state index is -0.757. The molecule has 2 aliphatic heterocycles. The van der Waals surface area contributed by atoms with Gasteiger partial charge in [0.1, 0.15) is 6.54 Å². The van der Waals surface area contributed by atoms with Crippen molar-refractivity contribution in [1.82, 2.24) is 4.98 Å². The number of hydrogen-bond donors (Lipinski definition) is 0. The summed E-state index contributed by atoms with van der Waals surface area (Å²) >= 11 is 0. The zero-order valence-corrected chi connectivity index (χ0v) is 15.9. The maximum atomic E-state index is 13.1. The van der Waals surface area contributed by atoms with Gasteiger partial charge in [-0.15, -0.1) is 0 Å². The minimum Gasteiger partial charge on any atom is -0.474 e. The molecular weight excluding hydrogens is 376 g/mol. The highest BCUT2D eigenvalue weighted by molar-refractivity contribution is 6.06. The molecule has 29 heavy (non-hydrogen) atoms. The fraction of sp³-hybridized carbons (Fsp3) is 0.350. The maximum Gasteiger partial charge on any atom is 0.366 e. The summed E-state index contributed by atoms with van der Waals surface area (Å²) in [5.74, 6) is -0.828.